The molecule has 0 radical (unpaired) electrons. The smallest absolute Gasteiger partial charge is 0.349 e. The molecule has 3 amide bonds. The van der Waals surface area contributed by atoms with Crippen LogP contribution in [-0.2, 0) is 25.7 Å². The van der Waals surface area contributed by atoms with Gasteiger partial charge in [0.15, 0.2) is 11.5 Å². The molecule has 1 aliphatic heterocycles. The number of benzene rings is 2. The minimum absolute atomic E-state index is 0.0364. The summed E-state index contributed by atoms with van der Waals surface area (Å²) in [4.78, 5) is 67.6. The van der Waals surface area contributed by atoms with Crippen LogP contribution in [0.25, 0.3) is 10.8 Å². The second kappa shape index (κ2) is 13.6. The minimum atomic E-state index is -1.31. The van der Waals surface area contributed by atoms with Crippen LogP contribution in [0.5, 0.6) is 11.5 Å². The fourth-order valence-electron chi connectivity index (χ4n) is 4.97. The molecule has 2 aromatic carbocycles. The van der Waals surface area contributed by atoms with Crippen molar-refractivity contribution < 1.29 is 33.4 Å². The van der Waals surface area contributed by atoms with Crippen LogP contribution in [0.3, 0.4) is 0 Å². The summed E-state index contributed by atoms with van der Waals surface area (Å²) in [7, 11) is 2.60. The van der Waals surface area contributed by atoms with Gasteiger partial charge in [0.25, 0.3) is 11.5 Å². The third-order valence-corrected chi connectivity index (χ3v) is 7.52. The van der Waals surface area contributed by atoms with Crippen molar-refractivity contribution in [2.75, 3.05) is 27.3 Å². The SMILES string of the molecule is COC(=O)[C@@H]1Oc2cc(ccc2OC)C(=O)N[C@@H](C(C)C)CN(C(=O)Cn2nc(C)c3ccccc3c2=O)CC(=O)N[C@H]1C. The maximum Gasteiger partial charge on any atom is 0.349 e. The number of aryl methyl sites for hydroxylation is 1. The van der Waals surface area contributed by atoms with E-state index < -0.39 is 60.5 Å². The van der Waals surface area contributed by atoms with Crippen LogP contribution in [0, 0.1) is 12.8 Å². The van der Waals surface area contributed by atoms with Crippen molar-refractivity contribution in [2.45, 2.75) is 52.4 Å². The highest BCUT2D eigenvalue weighted by Gasteiger charge is 2.33. The van der Waals surface area contributed by atoms with Crippen molar-refractivity contribution in [3.63, 3.8) is 0 Å². The van der Waals surface area contributed by atoms with E-state index in [1.54, 1.807) is 44.2 Å². The Morgan fingerprint density at radius 1 is 1.07 bits per heavy atom. The average molecular weight is 608 g/mol. The third-order valence-electron chi connectivity index (χ3n) is 7.52. The Balaban J connectivity index is 1.72. The highest BCUT2D eigenvalue weighted by Crippen LogP contribution is 2.30. The molecule has 1 aromatic heterocycles. The highest BCUT2D eigenvalue weighted by molar-refractivity contribution is 5.95. The first-order valence-corrected chi connectivity index (χ1v) is 14.2. The normalized spacial score (nSPS) is 19.4. The Bertz CT molecular complexity index is 1640. The Kier molecular flexibility index (Phi) is 9.87. The van der Waals surface area contributed by atoms with Gasteiger partial charge < -0.3 is 29.7 Å². The molecular formula is C31H37N5O8. The predicted molar refractivity (Wildman–Crippen MR) is 160 cm³/mol. The van der Waals surface area contributed by atoms with Crippen molar-refractivity contribution >= 4 is 34.5 Å². The zero-order chi connectivity index (χ0) is 32.1. The van der Waals surface area contributed by atoms with Crippen LogP contribution in [-0.4, -0.2) is 83.9 Å². The van der Waals surface area contributed by atoms with Crippen molar-refractivity contribution in [3.8, 4) is 11.5 Å². The molecule has 0 spiro atoms. The summed E-state index contributed by atoms with van der Waals surface area (Å²) >= 11 is 0. The lowest BCUT2D eigenvalue weighted by molar-refractivity contribution is -0.150. The molecule has 2 bridgehead atoms. The topological polar surface area (TPSA) is 158 Å². The van der Waals surface area contributed by atoms with E-state index in [0.717, 1.165) is 4.68 Å². The molecule has 44 heavy (non-hydrogen) atoms. The quantitative estimate of drug-likeness (QED) is 0.410. The third kappa shape index (κ3) is 6.99. The number of esters is 1. The fourth-order valence-corrected chi connectivity index (χ4v) is 4.97. The Hall–Kier alpha value is -4.94. The van der Waals surface area contributed by atoms with Crippen LogP contribution in [0.2, 0.25) is 0 Å². The molecular weight excluding hydrogens is 570 g/mol. The Morgan fingerprint density at radius 3 is 2.43 bits per heavy atom. The lowest BCUT2D eigenvalue weighted by Gasteiger charge is -2.32. The number of amides is 3. The number of rotatable bonds is 5. The standard InChI is InChI=1S/C31H37N5O8/c1-17(2)23-14-35(27(38)16-36-30(40)22-10-8-7-9-21(22)18(3)34-36)15-26(37)32-19(4)28(31(41)43-6)44-25-13-20(29(39)33-23)11-12-24(25)42-5/h7-13,17,19,23,28H,14-16H2,1-6H3,(H,32,37)(H,33,39)/t19-,23+,28+/m0/s1. The van der Waals surface area contributed by atoms with Gasteiger partial charge in [-0.3, -0.25) is 19.2 Å². The van der Waals surface area contributed by atoms with Gasteiger partial charge in [0, 0.05) is 23.5 Å². The van der Waals surface area contributed by atoms with Gasteiger partial charge in [0.2, 0.25) is 17.9 Å². The Labute approximate surface area is 254 Å². The number of carbonyl (C=O) groups is 4. The predicted octanol–water partition coefficient (Wildman–Crippen LogP) is 1.44. The number of methoxy groups -OCH3 is 2. The molecule has 4 rings (SSSR count). The van der Waals surface area contributed by atoms with E-state index in [1.165, 1.54) is 31.3 Å². The van der Waals surface area contributed by atoms with Gasteiger partial charge in [0.1, 0.15) is 6.54 Å². The molecule has 0 saturated carbocycles. The maximum absolute atomic E-state index is 13.7. The summed E-state index contributed by atoms with van der Waals surface area (Å²) in [5.41, 5.74) is 0.353. The fraction of sp³-hybridized carbons (Fsp3) is 0.419. The first-order valence-electron chi connectivity index (χ1n) is 14.2. The van der Waals surface area contributed by atoms with E-state index in [0.29, 0.717) is 16.5 Å². The second-order valence-electron chi connectivity index (χ2n) is 11.0. The zero-order valence-electron chi connectivity index (χ0n) is 25.6. The first kappa shape index (κ1) is 32.0. The van der Waals surface area contributed by atoms with Gasteiger partial charge in [-0.15, -0.1) is 0 Å². The zero-order valence-corrected chi connectivity index (χ0v) is 25.6. The summed E-state index contributed by atoms with van der Waals surface area (Å²) in [5.74, 6) is -2.16. The van der Waals surface area contributed by atoms with E-state index >= 15 is 0 Å². The van der Waals surface area contributed by atoms with Crippen molar-refractivity contribution in [2.24, 2.45) is 5.92 Å². The highest BCUT2D eigenvalue weighted by atomic mass is 16.6. The molecule has 0 unspecified atom stereocenters. The molecule has 2 heterocycles. The number of ether oxygens (including phenoxy) is 3. The average Bonchev–Trinajstić information content (AvgIpc) is 3.00. The van der Waals surface area contributed by atoms with Gasteiger partial charge >= 0.3 is 5.97 Å². The number of aromatic nitrogens is 2. The largest absolute Gasteiger partial charge is 0.493 e. The number of hydrogen-bond donors (Lipinski definition) is 2. The molecule has 3 atom stereocenters. The van der Waals surface area contributed by atoms with E-state index in [1.807, 2.05) is 13.8 Å². The molecule has 13 nitrogen and oxygen atoms in total. The summed E-state index contributed by atoms with van der Waals surface area (Å²) in [6, 6.07) is 10.0. The van der Waals surface area contributed by atoms with Crippen LogP contribution < -0.4 is 25.7 Å². The van der Waals surface area contributed by atoms with Crippen molar-refractivity contribution in [3.05, 3.63) is 64.1 Å². The van der Waals surface area contributed by atoms with Crippen LogP contribution in [0.1, 0.15) is 36.8 Å². The summed E-state index contributed by atoms with van der Waals surface area (Å²) < 4.78 is 17.3. The van der Waals surface area contributed by atoms with Crippen molar-refractivity contribution in [1.82, 2.24) is 25.3 Å². The van der Waals surface area contributed by atoms with E-state index in [4.69, 9.17) is 14.2 Å². The molecule has 0 fully saturated rings. The molecule has 0 saturated heterocycles. The molecule has 2 N–H and O–H groups in total. The minimum Gasteiger partial charge on any atom is -0.493 e. The van der Waals surface area contributed by atoms with Crippen LogP contribution in [0.15, 0.2) is 47.3 Å². The Morgan fingerprint density at radius 2 is 1.77 bits per heavy atom. The van der Waals surface area contributed by atoms with Gasteiger partial charge in [0.05, 0.1) is 37.9 Å². The van der Waals surface area contributed by atoms with Gasteiger partial charge in [-0.1, -0.05) is 32.0 Å². The summed E-state index contributed by atoms with van der Waals surface area (Å²) in [6.07, 6.45) is -1.31. The molecule has 0 aliphatic carbocycles. The number of hydrogen-bond acceptors (Lipinski definition) is 9. The van der Waals surface area contributed by atoms with Crippen LogP contribution >= 0.6 is 0 Å². The first-order chi connectivity index (χ1) is 20.9. The maximum atomic E-state index is 13.7. The van der Waals surface area contributed by atoms with Gasteiger partial charge in [-0.05, 0) is 44.0 Å². The van der Waals surface area contributed by atoms with Crippen LogP contribution in [0.4, 0.5) is 0 Å². The lowest BCUT2D eigenvalue weighted by atomic mass is 10.0. The summed E-state index contributed by atoms with van der Waals surface area (Å²) in [6.45, 7) is 6.16. The number of fused-ring (bicyclic) bond motifs is 3. The van der Waals surface area contributed by atoms with E-state index in [9.17, 15) is 24.0 Å². The van der Waals surface area contributed by atoms with E-state index in [2.05, 4.69) is 15.7 Å². The summed E-state index contributed by atoms with van der Waals surface area (Å²) in [5, 5.41) is 11.1. The second-order valence-corrected chi connectivity index (χ2v) is 11.0. The molecule has 1 aliphatic rings. The molecule has 3 aromatic rings. The lowest BCUT2D eigenvalue weighted by Crippen LogP contribution is -2.54. The molecule has 13 heteroatoms. The monoisotopic (exact) mass is 607 g/mol. The van der Waals surface area contributed by atoms with E-state index in [-0.39, 0.29) is 29.5 Å². The van der Waals surface area contributed by atoms with Crippen molar-refractivity contribution in [1.29, 1.82) is 0 Å². The van der Waals surface area contributed by atoms with Gasteiger partial charge in [-0.25, -0.2) is 9.48 Å². The number of nitrogens with one attached hydrogen (secondary N) is 2. The molecule has 234 valence electrons. The number of nitrogens with zero attached hydrogens (tertiary/aromatic N) is 3. The number of carbonyl (C=O) groups excluding carboxylic acids is 4. The van der Waals surface area contributed by atoms with Gasteiger partial charge in [-0.2, -0.15) is 5.10 Å².